The number of carbonyl (C=O) groups excluding carboxylic acids is 1. The maximum absolute atomic E-state index is 12.2. The van der Waals surface area contributed by atoms with Crippen molar-refractivity contribution in [2.24, 2.45) is 11.8 Å². The predicted molar refractivity (Wildman–Crippen MR) is 88.9 cm³/mol. The lowest BCUT2D eigenvalue weighted by atomic mass is 9.99. The van der Waals surface area contributed by atoms with Gasteiger partial charge < -0.3 is 9.64 Å². The first-order valence-corrected chi connectivity index (χ1v) is 8.19. The molecule has 0 bridgehead atoms. The zero-order valence-corrected chi connectivity index (χ0v) is 14.5. The molecule has 2 heterocycles. The Labute approximate surface area is 142 Å². The van der Waals surface area contributed by atoms with Gasteiger partial charge in [0.25, 0.3) is 0 Å². The van der Waals surface area contributed by atoms with Crippen molar-refractivity contribution in [2.45, 2.75) is 39.7 Å². The first-order valence-electron chi connectivity index (χ1n) is 8.19. The van der Waals surface area contributed by atoms with Crippen LogP contribution in [0.3, 0.4) is 0 Å². The maximum atomic E-state index is 12.2. The highest BCUT2D eigenvalue weighted by molar-refractivity contribution is 5.72. The molecule has 0 radical (unpaired) electrons. The number of hydrogen-bond donors (Lipinski definition) is 0. The molecule has 1 aromatic heterocycles. The van der Waals surface area contributed by atoms with Crippen LogP contribution in [0.15, 0.2) is 12.3 Å². The van der Waals surface area contributed by atoms with Gasteiger partial charge in [0.15, 0.2) is 5.69 Å². The molecular weight excluding hydrogens is 304 g/mol. The number of fused-ring (bicyclic) bond motifs is 1. The van der Waals surface area contributed by atoms with Crippen LogP contribution in [0, 0.1) is 30.1 Å². The summed E-state index contributed by atoms with van der Waals surface area (Å²) in [5.41, 5.74) is 2.46. The minimum absolute atomic E-state index is 0.250. The third-order valence-corrected chi connectivity index (χ3v) is 4.34. The van der Waals surface area contributed by atoms with Gasteiger partial charge in [-0.25, -0.2) is 14.8 Å². The highest BCUT2D eigenvalue weighted by Gasteiger charge is 2.40. The highest BCUT2D eigenvalue weighted by Crippen LogP contribution is 2.41. The number of nitrogens with zero attached hydrogens (tertiary/aromatic N) is 4. The molecule has 126 valence electrons. The number of carbonyl (C=O) groups is 1. The summed E-state index contributed by atoms with van der Waals surface area (Å²) in [7, 11) is 0. The molecule has 6 nitrogen and oxygen atoms in total. The number of amides is 1. The van der Waals surface area contributed by atoms with Crippen LogP contribution < -0.4 is 0 Å². The van der Waals surface area contributed by atoms with Gasteiger partial charge >= 0.3 is 6.09 Å². The quantitative estimate of drug-likeness (QED) is 0.793. The summed E-state index contributed by atoms with van der Waals surface area (Å²) < 4.78 is 5.45. The van der Waals surface area contributed by atoms with Crippen molar-refractivity contribution in [3.8, 4) is 6.07 Å². The fraction of sp³-hybridized carbons (Fsp3) is 0.556. The summed E-state index contributed by atoms with van der Waals surface area (Å²) in [4.78, 5) is 22.7. The van der Waals surface area contributed by atoms with Crippen molar-refractivity contribution in [3.05, 3.63) is 29.4 Å². The second-order valence-corrected chi connectivity index (χ2v) is 7.53. The number of nitriles is 1. The van der Waals surface area contributed by atoms with E-state index in [-0.39, 0.29) is 6.09 Å². The molecule has 2 aliphatic rings. The lowest BCUT2D eigenvalue weighted by Gasteiger charge is -2.24. The minimum Gasteiger partial charge on any atom is -0.444 e. The van der Waals surface area contributed by atoms with Gasteiger partial charge in [0.1, 0.15) is 17.4 Å². The Morgan fingerprint density at radius 2 is 2.17 bits per heavy atom. The highest BCUT2D eigenvalue weighted by atomic mass is 16.6. The molecule has 1 saturated heterocycles. The Morgan fingerprint density at radius 3 is 2.79 bits per heavy atom. The van der Waals surface area contributed by atoms with E-state index in [0.29, 0.717) is 36.3 Å². The monoisotopic (exact) mass is 326 g/mol. The number of aromatic nitrogens is 2. The number of aryl methyl sites for hydroxylation is 1. The van der Waals surface area contributed by atoms with Crippen molar-refractivity contribution in [1.29, 1.82) is 5.26 Å². The van der Waals surface area contributed by atoms with E-state index in [0.717, 1.165) is 17.7 Å². The van der Waals surface area contributed by atoms with Crippen molar-refractivity contribution in [2.75, 3.05) is 13.1 Å². The van der Waals surface area contributed by atoms with E-state index < -0.39 is 5.60 Å². The van der Waals surface area contributed by atoms with Crippen LogP contribution in [0.1, 0.15) is 44.3 Å². The molecule has 1 aliphatic carbocycles. The molecule has 1 aliphatic heterocycles. The zero-order chi connectivity index (χ0) is 17.5. The molecule has 0 N–H and O–H groups in total. The number of allylic oxidation sites excluding steroid dienone is 1. The molecule has 0 spiro atoms. The van der Waals surface area contributed by atoms with Crippen LogP contribution in [0.2, 0.25) is 0 Å². The molecule has 0 aromatic carbocycles. The number of hydrogen-bond acceptors (Lipinski definition) is 5. The van der Waals surface area contributed by atoms with Crippen molar-refractivity contribution >= 4 is 11.7 Å². The van der Waals surface area contributed by atoms with E-state index >= 15 is 0 Å². The SMILES string of the molecule is Cc1cnc(C#N)c(C2=CC3CN(C(=O)OC(C)(C)C)CC3C2)n1. The van der Waals surface area contributed by atoms with E-state index in [1.54, 1.807) is 11.1 Å². The minimum atomic E-state index is -0.478. The van der Waals surface area contributed by atoms with Gasteiger partial charge in [-0.05, 0) is 45.6 Å². The zero-order valence-electron chi connectivity index (χ0n) is 14.5. The van der Waals surface area contributed by atoms with Gasteiger partial charge in [-0.15, -0.1) is 0 Å². The van der Waals surface area contributed by atoms with Crippen LogP contribution in [0.25, 0.3) is 5.57 Å². The van der Waals surface area contributed by atoms with Gasteiger partial charge in [0, 0.05) is 25.2 Å². The summed E-state index contributed by atoms with van der Waals surface area (Å²) in [6, 6.07) is 2.12. The Morgan fingerprint density at radius 1 is 1.42 bits per heavy atom. The third-order valence-electron chi connectivity index (χ3n) is 4.34. The van der Waals surface area contributed by atoms with Gasteiger partial charge in [-0.2, -0.15) is 5.26 Å². The molecule has 6 heteroatoms. The van der Waals surface area contributed by atoms with Crippen LogP contribution >= 0.6 is 0 Å². The smallest absolute Gasteiger partial charge is 0.410 e. The van der Waals surface area contributed by atoms with E-state index in [1.165, 1.54) is 0 Å². The number of rotatable bonds is 1. The number of likely N-dealkylation sites (tertiary alicyclic amines) is 1. The first-order chi connectivity index (χ1) is 11.3. The van der Waals surface area contributed by atoms with Crippen molar-refractivity contribution in [1.82, 2.24) is 14.9 Å². The second kappa shape index (κ2) is 5.90. The van der Waals surface area contributed by atoms with Gasteiger partial charge in [-0.3, -0.25) is 0 Å². The molecule has 0 saturated carbocycles. The van der Waals surface area contributed by atoms with Gasteiger partial charge in [-0.1, -0.05) is 6.08 Å². The summed E-state index contributed by atoms with van der Waals surface area (Å²) in [6.45, 7) is 8.84. The summed E-state index contributed by atoms with van der Waals surface area (Å²) in [5.74, 6) is 0.655. The van der Waals surface area contributed by atoms with Crippen LogP contribution in [0.4, 0.5) is 4.79 Å². The Balaban J connectivity index is 1.74. The fourth-order valence-corrected chi connectivity index (χ4v) is 3.34. The van der Waals surface area contributed by atoms with E-state index in [1.807, 2.05) is 27.7 Å². The molecule has 2 unspecified atom stereocenters. The van der Waals surface area contributed by atoms with Gasteiger partial charge in [0.05, 0.1) is 5.69 Å². The Bertz CT molecular complexity index is 742. The van der Waals surface area contributed by atoms with Crippen LogP contribution in [-0.4, -0.2) is 39.7 Å². The Hall–Kier alpha value is -2.42. The van der Waals surface area contributed by atoms with Crippen molar-refractivity contribution in [3.63, 3.8) is 0 Å². The van der Waals surface area contributed by atoms with E-state index in [2.05, 4.69) is 22.1 Å². The maximum Gasteiger partial charge on any atom is 0.410 e. The largest absolute Gasteiger partial charge is 0.444 e. The second-order valence-electron chi connectivity index (χ2n) is 7.53. The third kappa shape index (κ3) is 3.25. The average molecular weight is 326 g/mol. The first kappa shape index (κ1) is 16.4. The average Bonchev–Trinajstić information content (AvgIpc) is 3.03. The summed E-state index contributed by atoms with van der Waals surface area (Å²) in [5, 5.41) is 9.25. The normalized spacial score (nSPS) is 22.8. The van der Waals surface area contributed by atoms with E-state index in [4.69, 9.17) is 4.74 Å². The van der Waals surface area contributed by atoms with E-state index in [9.17, 15) is 10.1 Å². The number of ether oxygens (including phenoxy) is 1. The van der Waals surface area contributed by atoms with Gasteiger partial charge in [0.2, 0.25) is 0 Å². The fourth-order valence-electron chi connectivity index (χ4n) is 3.34. The molecule has 2 atom stereocenters. The lowest BCUT2D eigenvalue weighted by Crippen LogP contribution is -2.35. The molecule has 1 aromatic rings. The van der Waals surface area contributed by atoms with Crippen LogP contribution in [0.5, 0.6) is 0 Å². The summed E-state index contributed by atoms with van der Waals surface area (Å²) >= 11 is 0. The summed E-state index contributed by atoms with van der Waals surface area (Å²) in [6.07, 6.45) is 4.33. The van der Waals surface area contributed by atoms with Crippen LogP contribution in [-0.2, 0) is 4.74 Å². The topological polar surface area (TPSA) is 79.1 Å². The molecule has 3 rings (SSSR count). The predicted octanol–water partition coefficient (Wildman–Crippen LogP) is 2.93. The molecule has 24 heavy (non-hydrogen) atoms. The molecule has 1 fully saturated rings. The molecule has 1 amide bonds. The Kier molecular flexibility index (Phi) is 4.04. The standard InChI is InChI=1S/C18H22N4O2/c1-11-8-20-15(7-19)16(21-11)12-5-13-9-22(10-14(13)6-12)17(23)24-18(2,3)4/h5,8,13-14H,6,9-10H2,1-4H3. The van der Waals surface area contributed by atoms with Crippen molar-refractivity contribution < 1.29 is 9.53 Å². The lowest BCUT2D eigenvalue weighted by molar-refractivity contribution is 0.0285. The molecular formula is C18H22N4O2.